The Morgan fingerprint density at radius 3 is 2.58 bits per heavy atom. The molecule has 24 heavy (non-hydrogen) atoms. The summed E-state index contributed by atoms with van der Waals surface area (Å²) in [7, 11) is 1.76. The minimum absolute atomic E-state index is 0.0750. The van der Waals surface area contributed by atoms with Crippen LogP contribution in [-0.4, -0.2) is 26.3 Å². The van der Waals surface area contributed by atoms with Gasteiger partial charge >= 0.3 is 5.51 Å². The summed E-state index contributed by atoms with van der Waals surface area (Å²) in [5.41, 5.74) is -1.58. The van der Waals surface area contributed by atoms with E-state index in [1.807, 2.05) is 6.92 Å². The Morgan fingerprint density at radius 1 is 1.17 bits per heavy atom. The molecule has 0 radical (unpaired) electrons. The molecule has 0 fully saturated rings. The highest BCUT2D eigenvalue weighted by atomic mass is 32.2. The van der Waals surface area contributed by atoms with Crippen LogP contribution in [0.4, 0.5) is 13.2 Å². The number of aldehydes is 1. The monoisotopic (exact) mass is 351 g/mol. The molecule has 0 aliphatic rings. The van der Waals surface area contributed by atoms with Gasteiger partial charge in [0.25, 0.3) is 0 Å². The number of nitrogens with zero attached hydrogens (tertiary/aromatic N) is 3. The number of carbonyl (C=O) groups is 1. The number of fused-ring (bicyclic) bond motifs is 1. The molecule has 2 heterocycles. The van der Waals surface area contributed by atoms with Crippen molar-refractivity contribution < 1.29 is 18.0 Å². The number of hydrogen-bond acceptors (Lipinski definition) is 4. The zero-order valence-corrected chi connectivity index (χ0v) is 13.6. The summed E-state index contributed by atoms with van der Waals surface area (Å²) >= 11 is -0.175. The first kappa shape index (κ1) is 16.5. The lowest BCUT2D eigenvalue weighted by Gasteiger charge is -2.06. The van der Waals surface area contributed by atoms with E-state index in [9.17, 15) is 18.0 Å². The van der Waals surface area contributed by atoms with Gasteiger partial charge in [0.05, 0.1) is 11.0 Å². The van der Waals surface area contributed by atoms with E-state index in [0.29, 0.717) is 28.8 Å². The van der Waals surface area contributed by atoms with Gasteiger partial charge in [-0.25, -0.2) is 9.97 Å². The number of thioether (sulfide) groups is 1. The van der Waals surface area contributed by atoms with Gasteiger partial charge in [-0.15, -0.1) is 0 Å². The number of alkyl halides is 3. The number of rotatable bonds is 3. The molecule has 0 aliphatic heterocycles. The second kappa shape index (κ2) is 5.94. The number of aryl methyl sites for hydroxylation is 2. The molecule has 1 aromatic carbocycles. The first-order valence-electron chi connectivity index (χ1n) is 6.94. The van der Waals surface area contributed by atoms with Gasteiger partial charge in [0.1, 0.15) is 11.4 Å². The molecule has 0 saturated carbocycles. The molecule has 0 atom stereocenters. The van der Waals surface area contributed by atoms with Gasteiger partial charge in [-0.3, -0.25) is 4.79 Å². The number of imidazole rings is 1. The lowest BCUT2D eigenvalue weighted by Crippen LogP contribution is -1.99. The van der Waals surface area contributed by atoms with Gasteiger partial charge in [0.2, 0.25) is 0 Å². The lowest BCUT2D eigenvalue weighted by molar-refractivity contribution is -0.0328. The first-order valence-corrected chi connectivity index (χ1v) is 7.75. The highest BCUT2D eigenvalue weighted by Crippen LogP contribution is 2.38. The molecule has 0 N–H and O–H groups in total. The lowest BCUT2D eigenvalue weighted by atomic mass is 10.2. The topological polar surface area (TPSA) is 47.8 Å². The van der Waals surface area contributed by atoms with Crippen LogP contribution in [-0.2, 0) is 7.05 Å². The largest absolute Gasteiger partial charge is 0.446 e. The molecule has 124 valence electrons. The van der Waals surface area contributed by atoms with Crippen molar-refractivity contribution in [1.29, 1.82) is 0 Å². The van der Waals surface area contributed by atoms with Crippen LogP contribution in [0.15, 0.2) is 35.2 Å². The van der Waals surface area contributed by atoms with Gasteiger partial charge in [-0.2, -0.15) is 13.2 Å². The maximum atomic E-state index is 12.5. The molecule has 0 spiro atoms. The van der Waals surface area contributed by atoms with Gasteiger partial charge < -0.3 is 4.57 Å². The van der Waals surface area contributed by atoms with Crippen LogP contribution in [0.3, 0.4) is 0 Å². The maximum absolute atomic E-state index is 12.5. The number of hydrogen-bond donors (Lipinski definition) is 0. The van der Waals surface area contributed by atoms with E-state index in [0.717, 1.165) is 5.56 Å². The predicted octanol–water partition coefficient (Wildman–Crippen LogP) is 4.37. The molecule has 0 unspecified atom stereocenters. The third-order valence-electron chi connectivity index (χ3n) is 3.54. The number of aromatic nitrogens is 3. The molecular weight excluding hydrogens is 339 g/mol. The Hall–Kier alpha value is -2.35. The number of halogens is 3. The Labute approximate surface area is 139 Å². The van der Waals surface area contributed by atoms with Gasteiger partial charge in [-0.05, 0) is 48.5 Å². The molecule has 0 bridgehead atoms. The average molecular weight is 351 g/mol. The molecule has 2 aromatic heterocycles. The highest BCUT2D eigenvalue weighted by Gasteiger charge is 2.29. The third-order valence-corrected chi connectivity index (χ3v) is 4.26. The molecule has 0 amide bonds. The summed E-state index contributed by atoms with van der Waals surface area (Å²) in [5.74, 6) is 0.500. The van der Waals surface area contributed by atoms with Crippen LogP contribution in [0, 0.1) is 6.92 Å². The standard InChI is InChI=1S/C16H12F3N3OS/c1-9-3-4-10(8-23)20-14(9)15-21-12-7-11(24-16(17,18)19)5-6-13(12)22(15)2/h3-8H,1-2H3. The van der Waals surface area contributed by atoms with Crippen molar-refractivity contribution in [3.63, 3.8) is 0 Å². The van der Waals surface area contributed by atoms with E-state index in [1.165, 1.54) is 12.1 Å². The molecular formula is C16H12F3N3OS. The van der Waals surface area contributed by atoms with E-state index in [2.05, 4.69) is 9.97 Å². The molecule has 3 aromatic rings. The normalized spacial score (nSPS) is 11.9. The minimum atomic E-state index is -4.35. The van der Waals surface area contributed by atoms with Crippen LogP contribution in [0.5, 0.6) is 0 Å². The van der Waals surface area contributed by atoms with Crippen LogP contribution >= 0.6 is 11.8 Å². The smallest absolute Gasteiger partial charge is 0.326 e. The van der Waals surface area contributed by atoms with E-state index in [1.54, 1.807) is 29.8 Å². The summed E-state index contributed by atoms with van der Waals surface area (Å²) < 4.78 is 39.3. The second-order valence-electron chi connectivity index (χ2n) is 5.21. The number of pyridine rings is 1. The first-order chi connectivity index (χ1) is 11.3. The van der Waals surface area contributed by atoms with Gasteiger partial charge in [-0.1, -0.05) is 6.07 Å². The Bertz CT molecular complexity index is 934. The molecule has 0 aliphatic carbocycles. The van der Waals surface area contributed by atoms with E-state index >= 15 is 0 Å². The molecule has 8 heteroatoms. The Balaban J connectivity index is 2.13. The van der Waals surface area contributed by atoms with E-state index < -0.39 is 5.51 Å². The summed E-state index contributed by atoms with van der Waals surface area (Å²) in [5, 5.41) is 0. The SMILES string of the molecule is Cc1ccc(C=O)nc1-c1nc2cc(SC(F)(F)F)ccc2n1C. The zero-order valence-electron chi connectivity index (χ0n) is 12.8. The molecule has 4 nitrogen and oxygen atoms in total. The third kappa shape index (κ3) is 3.14. The van der Waals surface area contributed by atoms with Crippen molar-refractivity contribution in [3.05, 3.63) is 41.6 Å². The fraction of sp³-hybridized carbons (Fsp3) is 0.188. The maximum Gasteiger partial charge on any atom is 0.446 e. The molecule has 3 rings (SSSR count). The highest BCUT2D eigenvalue weighted by molar-refractivity contribution is 8.00. The number of benzene rings is 1. The van der Waals surface area contributed by atoms with Crippen molar-refractivity contribution >= 4 is 29.1 Å². The summed E-state index contributed by atoms with van der Waals surface area (Å²) in [4.78, 5) is 19.7. The fourth-order valence-electron chi connectivity index (χ4n) is 2.42. The van der Waals surface area contributed by atoms with Gasteiger partial charge in [0, 0.05) is 11.9 Å². The van der Waals surface area contributed by atoms with Crippen molar-refractivity contribution in [2.45, 2.75) is 17.3 Å². The summed E-state index contributed by atoms with van der Waals surface area (Å²) in [6, 6.07) is 7.77. The Morgan fingerprint density at radius 2 is 1.92 bits per heavy atom. The quantitative estimate of drug-likeness (QED) is 0.519. The fourth-order valence-corrected chi connectivity index (χ4v) is 3.00. The van der Waals surface area contributed by atoms with Crippen molar-refractivity contribution in [2.75, 3.05) is 0 Å². The molecule has 0 saturated heterocycles. The van der Waals surface area contributed by atoms with Gasteiger partial charge in [0.15, 0.2) is 12.1 Å². The van der Waals surface area contributed by atoms with Crippen molar-refractivity contribution in [1.82, 2.24) is 14.5 Å². The summed E-state index contributed by atoms with van der Waals surface area (Å²) in [6.07, 6.45) is 0.643. The Kier molecular flexibility index (Phi) is 4.08. The minimum Gasteiger partial charge on any atom is -0.326 e. The van der Waals surface area contributed by atoms with Crippen LogP contribution in [0.2, 0.25) is 0 Å². The van der Waals surface area contributed by atoms with E-state index in [-0.39, 0.29) is 22.4 Å². The average Bonchev–Trinajstić information content (AvgIpc) is 2.82. The second-order valence-corrected chi connectivity index (χ2v) is 6.35. The predicted molar refractivity (Wildman–Crippen MR) is 86.0 cm³/mol. The van der Waals surface area contributed by atoms with Crippen molar-refractivity contribution in [3.8, 4) is 11.5 Å². The van der Waals surface area contributed by atoms with Crippen LogP contribution in [0.25, 0.3) is 22.6 Å². The zero-order chi connectivity index (χ0) is 17.5. The summed E-state index contributed by atoms with van der Waals surface area (Å²) in [6.45, 7) is 1.83. The van der Waals surface area contributed by atoms with Crippen LogP contribution in [0.1, 0.15) is 16.1 Å². The van der Waals surface area contributed by atoms with E-state index in [4.69, 9.17) is 0 Å². The number of carbonyl (C=O) groups excluding carboxylic acids is 1. The van der Waals surface area contributed by atoms with Crippen molar-refractivity contribution in [2.24, 2.45) is 7.05 Å². The van der Waals surface area contributed by atoms with Crippen LogP contribution < -0.4 is 0 Å².